The van der Waals surface area contributed by atoms with Gasteiger partial charge in [-0.3, -0.25) is 4.79 Å². The standard InChI is InChI=1S/C15H15ClN2O4S/c16-13-3-1-2-4-14(13)22-10-9-15(19)18-11-5-7-12(8-6-11)23(17,20)21/h1-8H,9-10H2,(H,18,19)(H2,17,20,21). The number of sulfonamides is 1. The molecule has 0 atom stereocenters. The van der Waals surface area contributed by atoms with Crippen molar-refractivity contribution in [3.63, 3.8) is 0 Å². The molecule has 23 heavy (non-hydrogen) atoms. The van der Waals surface area contributed by atoms with Crippen molar-refractivity contribution in [3.05, 3.63) is 53.6 Å². The zero-order valence-electron chi connectivity index (χ0n) is 12.0. The Balaban J connectivity index is 1.84. The Morgan fingerprint density at radius 2 is 1.78 bits per heavy atom. The van der Waals surface area contributed by atoms with Crippen molar-refractivity contribution in [1.29, 1.82) is 0 Å². The molecule has 0 aliphatic rings. The first-order valence-electron chi connectivity index (χ1n) is 6.66. The quantitative estimate of drug-likeness (QED) is 0.832. The number of hydrogen-bond donors (Lipinski definition) is 2. The van der Waals surface area contributed by atoms with Gasteiger partial charge in [0.15, 0.2) is 0 Å². The van der Waals surface area contributed by atoms with Crippen molar-refractivity contribution in [1.82, 2.24) is 0 Å². The van der Waals surface area contributed by atoms with Crippen molar-refractivity contribution < 1.29 is 17.9 Å². The summed E-state index contributed by atoms with van der Waals surface area (Å²) in [5.74, 6) is 0.250. The van der Waals surface area contributed by atoms with E-state index in [-0.39, 0.29) is 23.8 Å². The van der Waals surface area contributed by atoms with Gasteiger partial charge < -0.3 is 10.1 Å². The number of primary sulfonamides is 1. The zero-order valence-corrected chi connectivity index (χ0v) is 13.6. The predicted molar refractivity (Wildman–Crippen MR) is 88.0 cm³/mol. The summed E-state index contributed by atoms with van der Waals surface area (Å²) in [5, 5.41) is 8.11. The van der Waals surface area contributed by atoms with E-state index in [1.807, 2.05) is 0 Å². The van der Waals surface area contributed by atoms with Crippen molar-refractivity contribution in [2.45, 2.75) is 11.3 Å². The summed E-state index contributed by atoms with van der Waals surface area (Å²) in [6.45, 7) is 0.171. The molecule has 0 fully saturated rings. The highest BCUT2D eigenvalue weighted by Crippen LogP contribution is 2.23. The van der Waals surface area contributed by atoms with Gasteiger partial charge in [0, 0.05) is 5.69 Å². The van der Waals surface area contributed by atoms with E-state index in [1.165, 1.54) is 24.3 Å². The molecule has 0 radical (unpaired) electrons. The van der Waals surface area contributed by atoms with Crippen LogP contribution in [0.4, 0.5) is 5.69 Å². The van der Waals surface area contributed by atoms with Crippen LogP contribution in [0.15, 0.2) is 53.4 Å². The number of halogens is 1. The topological polar surface area (TPSA) is 98.5 Å². The summed E-state index contributed by atoms with van der Waals surface area (Å²) < 4.78 is 27.7. The molecule has 1 amide bonds. The number of carbonyl (C=O) groups excluding carboxylic acids is 1. The number of rotatable bonds is 6. The van der Waals surface area contributed by atoms with Crippen LogP contribution in [-0.4, -0.2) is 20.9 Å². The van der Waals surface area contributed by atoms with Gasteiger partial charge in [0.2, 0.25) is 15.9 Å². The van der Waals surface area contributed by atoms with Gasteiger partial charge in [-0.05, 0) is 36.4 Å². The lowest BCUT2D eigenvalue weighted by molar-refractivity contribution is -0.116. The number of nitrogens with one attached hydrogen (secondary N) is 1. The minimum absolute atomic E-state index is 0.0162. The Hall–Kier alpha value is -2.09. The Kier molecular flexibility index (Phi) is 5.59. The van der Waals surface area contributed by atoms with Crippen molar-refractivity contribution in [2.75, 3.05) is 11.9 Å². The highest BCUT2D eigenvalue weighted by atomic mass is 35.5. The van der Waals surface area contributed by atoms with Crippen LogP contribution in [-0.2, 0) is 14.8 Å². The van der Waals surface area contributed by atoms with Crippen LogP contribution >= 0.6 is 11.6 Å². The third-order valence-corrected chi connectivity index (χ3v) is 4.13. The van der Waals surface area contributed by atoms with Crippen LogP contribution in [0.25, 0.3) is 0 Å². The molecule has 0 aliphatic heterocycles. The van der Waals surface area contributed by atoms with Gasteiger partial charge >= 0.3 is 0 Å². The van der Waals surface area contributed by atoms with E-state index in [0.717, 1.165) is 0 Å². The van der Waals surface area contributed by atoms with E-state index < -0.39 is 10.0 Å². The average molecular weight is 355 g/mol. The summed E-state index contributed by atoms with van der Waals surface area (Å²) >= 11 is 5.94. The van der Waals surface area contributed by atoms with Gasteiger partial charge in [-0.2, -0.15) is 0 Å². The Labute approximate surface area is 139 Å². The molecule has 0 aromatic heterocycles. The second kappa shape index (κ2) is 7.45. The smallest absolute Gasteiger partial charge is 0.238 e. The fraction of sp³-hybridized carbons (Fsp3) is 0.133. The second-order valence-electron chi connectivity index (χ2n) is 4.65. The fourth-order valence-electron chi connectivity index (χ4n) is 1.77. The number of carbonyl (C=O) groups is 1. The molecule has 8 heteroatoms. The Bertz CT molecular complexity index is 791. The van der Waals surface area contributed by atoms with Crippen LogP contribution < -0.4 is 15.2 Å². The Morgan fingerprint density at radius 1 is 1.13 bits per heavy atom. The molecule has 122 valence electrons. The average Bonchev–Trinajstić information content (AvgIpc) is 2.49. The van der Waals surface area contributed by atoms with Crippen LogP contribution in [0.1, 0.15) is 6.42 Å². The highest BCUT2D eigenvalue weighted by molar-refractivity contribution is 7.89. The predicted octanol–water partition coefficient (Wildman–Crippen LogP) is 2.40. The third-order valence-electron chi connectivity index (χ3n) is 2.89. The first-order valence-corrected chi connectivity index (χ1v) is 8.59. The molecule has 6 nitrogen and oxygen atoms in total. The number of para-hydroxylation sites is 1. The maximum Gasteiger partial charge on any atom is 0.238 e. The van der Waals surface area contributed by atoms with Gasteiger partial charge in [0.05, 0.1) is 22.9 Å². The summed E-state index contributed by atoms with van der Waals surface area (Å²) in [6, 6.07) is 12.6. The largest absolute Gasteiger partial charge is 0.491 e. The highest BCUT2D eigenvalue weighted by Gasteiger charge is 2.08. The molecule has 3 N–H and O–H groups in total. The molecule has 0 spiro atoms. The first kappa shape index (κ1) is 17.3. The minimum atomic E-state index is -3.74. The van der Waals surface area contributed by atoms with Crippen LogP contribution in [0.3, 0.4) is 0 Å². The van der Waals surface area contributed by atoms with E-state index in [2.05, 4.69) is 5.32 Å². The summed E-state index contributed by atoms with van der Waals surface area (Å²) in [4.78, 5) is 11.8. The molecular formula is C15H15ClN2O4S. The van der Waals surface area contributed by atoms with Crippen molar-refractivity contribution in [2.24, 2.45) is 5.14 Å². The SMILES string of the molecule is NS(=O)(=O)c1ccc(NC(=O)CCOc2ccccc2Cl)cc1. The van der Waals surface area contributed by atoms with E-state index in [4.69, 9.17) is 21.5 Å². The normalized spacial score (nSPS) is 11.0. The van der Waals surface area contributed by atoms with Crippen molar-refractivity contribution in [3.8, 4) is 5.75 Å². The summed E-state index contributed by atoms with van der Waals surface area (Å²) in [6.07, 6.45) is 0.127. The van der Waals surface area contributed by atoms with Crippen LogP contribution in [0, 0.1) is 0 Å². The number of amides is 1. The molecule has 2 aromatic rings. The lowest BCUT2D eigenvalue weighted by atomic mass is 10.3. The maximum absolute atomic E-state index is 11.8. The number of ether oxygens (including phenoxy) is 1. The van der Waals surface area contributed by atoms with E-state index in [0.29, 0.717) is 16.5 Å². The molecule has 0 heterocycles. The van der Waals surface area contributed by atoms with Crippen LogP contribution in [0.2, 0.25) is 5.02 Å². The Morgan fingerprint density at radius 3 is 2.39 bits per heavy atom. The summed E-state index contributed by atoms with van der Waals surface area (Å²) in [7, 11) is -3.74. The number of anilines is 1. The van der Waals surface area contributed by atoms with Crippen LogP contribution in [0.5, 0.6) is 5.75 Å². The summed E-state index contributed by atoms with van der Waals surface area (Å²) in [5.41, 5.74) is 0.472. The first-order chi connectivity index (χ1) is 10.9. The maximum atomic E-state index is 11.8. The lowest BCUT2D eigenvalue weighted by Crippen LogP contribution is -2.16. The van der Waals surface area contributed by atoms with Crippen molar-refractivity contribution >= 4 is 33.2 Å². The number of nitrogens with two attached hydrogens (primary N) is 1. The van der Waals surface area contributed by atoms with E-state index in [9.17, 15) is 13.2 Å². The van der Waals surface area contributed by atoms with E-state index in [1.54, 1.807) is 24.3 Å². The van der Waals surface area contributed by atoms with Gasteiger partial charge in [0.1, 0.15) is 5.75 Å². The molecule has 0 unspecified atom stereocenters. The molecule has 2 rings (SSSR count). The monoisotopic (exact) mass is 354 g/mol. The number of benzene rings is 2. The molecular weight excluding hydrogens is 340 g/mol. The van der Waals surface area contributed by atoms with E-state index >= 15 is 0 Å². The van der Waals surface area contributed by atoms with Gasteiger partial charge in [-0.15, -0.1) is 0 Å². The lowest BCUT2D eigenvalue weighted by Gasteiger charge is -2.08. The number of hydrogen-bond acceptors (Lipinski definition) is 4. The zero-order chi connectivity index (χ0) is 16.9. The second-order valence-corrected chi connectivity index (χ2v) is 6.62. The van der Waals surface area contributed by atoms with Gasteiger partial charge in [-0.1, -0.05) is 23.7 Å². The fourth-order valence-corrected chi connectivity index (χ4v) is 2.47. The molecule has 0 saturated heterocycles. The van der Waals surface area contributed by atoms with Gasteiger partial charge in [-0.25, -0.2) is 13.6 Å². The third kappa shape index (κ3) is 5.24. The molecule has 2 aromatic carbocycles. The minimum Gasteiger partial charge on any atom is -0.491 e. The molecule has 0 saturated carbocycles. The molecule has 0 aliphatic carbocycles. The van der Waals surface area contributed by atoms with Gasteiger partial charge in [0.25, 0.3) is 0 Å². The molecule has 0 bridgehead atoms.